The fourth-order valence-electron chi connectivity index (χ4n) is 1.92. The van der Waals surface area contributed by atoms with E-state index in [2.05, 4.69) is 28.8 Å². The molecule has 0 radical (unpaired) electrons. The Kier molecular flexibility index (Phi) is 3.44. The van der Waals surface area contributed by atoms with Crippen LogP contribution >= 0.6 is 0 Å². The lowest BCUT2D eigenvalue weighted by atomic mass is 10.1. The summed E-state index contributed by atoms with van der Waals surface area (Å²) in [5.41, 5.74) is 2.32. The van der Waals surface area contributed by atoms with Crippen LogP contribution in [0.3, 0.4) is 0 Å². The van der Waals surface area contributed by atoms with Crippen LogP contribution in [0, 0.1) is 0 Å². The van der Waals surface area contributed by atoms with E-state index in [1.807, 2.05) is 23.9 Å². The maximum absolute atomic E-state index is 11.4. The van der Waals surface area contributed by atoms with Gasteiger partial charge in [0.2, 0.25) is 5.91 Å². The Morgan fingerprint density at radius 2 is 2.12 bits per heavy atom. The molecule has 0 bridgehead atoms. The maximum Gasteiger partial charge on any atom is 0.239 e. The van der Waals surface area contributed by atoms with Gasteiger partial charge in [-0.15, -0.1) is 0 Å². The number of nitrogens with zero attached hydrogens (tertiary/aromatic N) is 1. The van der Waals surface area contributed by atoms with Gasteiger partial charge in [0.25, 0.3) is 0 Å². The van der Waals surface area contributed by atoms with Gasteiger partial charge in [0.05, 0.1) is 0 Å². The zero-order valence-electron chi connectivity index (χ0n) is 10.2. The summed E-state index contributed by atoms with van der Waals surface area (Å²) in [7, 11) is 3.58. The van der Waals surface area contributed by atoms with E-state index in [9.17, 15) is 4.79 Å². The first-order valence-electron chi connectivity index (χ1n) is 5.67. The maximum atomic E-state index is 11.4. The first kappa shape index (κ1) is 11.7. The van der Waals surface area contributed by atoms with Crippen molar-refractivity contribution in [2.45, 2.75) is 13.1 Å². The summed E-state index contributed by atoms with van der Waals surface area (Å²) in [6, 6.07) is 8.33. The predicted molar refractivity (Wildman–Crippen MR) is 68.8 cm³/mol. The molecular formula is C13H17N3O. The summed E-state index contributed by atoms with van der Waals surface area (Å²) in [5, 5.41) is 6.92. The average molecular weight is 231 g/mol. The molecule has 17 heavy (non-hydrogen) atoms. The number of carbonyl (C=O) groups excluding carboxylic acids is 1. The zero-order chi connectivity index (χ0) is 12.3. The van der Waals surface area contributed by atoms with Gasteiger partial charge in [0, 0.05) is 25.3 Å². The highest BCUT2D eigenvalue weighted by molar-refractivity contribution is 5.83. The molecule has 2 rings (SSSR count). The van der Waals surface area contributed by atoms with Gasteiger partial charge in [-0.2, -0.15) is 0 Å². The molecule has 0 saturated carbocycles. The van der Waals surface area contributed by atoms with Crippen LogP contribution in [0.15, 0.2) is 30.5 Å². The van der Waals surface area contributed by atoms with Crippen molar-refractivity contribution in [2.24, 2.45) is 0 Å². The van der Waals surface area contributed by atoms with Crippen LogP contribution in [-0.4, -0.2) is 24.6 Å². The SMILES string of the molecule is CNCc1ccc2ccn(CC(=O)NC)c2c1. The molecule has 0 aliphatic rings. The zero-order valence-corrected chi connectivity index (χ0v) is 10.2. The molecule has 2 aromatic rings. The minimum Gasteiger partial charge on any atom is -0.358 e. The number of benzene rings is 1. The van der Waals surface area contributed by atoms with Crippen molar-refractivity contribution in [1.82, 2.24) is 15.2 Å². The molecule has 0 spiro atoms. The summed E-state index contributed by atoms with van der Waals surface area (Å²) >= 11 is 0. The average Bonchev–Trinajstić information content (AvgIpc) is 2.72. The minimum absolute atomic E-state index is 0.0153. The Bertz CT molecular complexity index is 530. The van der Waals surface area contributed by atoms with Gasteiger partial charge >= 0.3 is 0 Å². The predicted octanol–water partition coefficient (Wildman–Crippen LogP) is 1.11. The van der Waals surface area contributed by atoms with Crippen molar-refractivity contribution >= 4 is 16.8 Å². The molecule has 90 valence electrons. The van der Waals surface area contributed by atoms with Crippen molar-refractivity contribution < 1.29 is 4.79 Å². The first-order chi connectivity index (χ1) is 8.24. The monoisotopic (exact) mass is 231 g/mol. The standard InChI is InChI=1S/C13H17N3O/c1-14-8-10-3-4-11-5-6-16(12(11)7-10)9-13(17)15-2/h3-7,14H,8-9H2,1-2H3,(H,15,17). The summed E-state index contributed by atoms with van der Waals surface area (Å²) in [6.07, 6.45) is 1.95. The van der Waals surface area contributed by atoms with Crippen molar-refractivity contribution in [3.05, 3.63) is 36.0 Å². The van der Waals surface area contributed by atoms with Crippen LogP contribution in [0.1, 0.15) is 5.56 Å². The number of nitrogens with one attached hydrogen (secondary N) is 2. The second-order valence-electron chi connectivity index (χ2n) is 4.04. The van der Waals surface area contributed by atoms with Crippen molar-refractivity contribution in [2.75, 3.05) is 14.1 Å². The summed E-state index contributed by atoms with van der Waals surface area (Å²) in [6.45, 7) is 1.20. The Labute approximate surface area is 101 Å². The van der Waals surface area contributed by atoms with Crippen molar-refractivity contribution in [3.8, 4) is 0 Å². The third kappa shape index (κ3) is 2.47. The fourth-order valence-corrected chi connectivity index (χ4v) is 1.92. The Hall–Kier alpha value is -1.81. The van der Waals surface area contributed by atoms with Crippen LogP contribution in [0.4, 0.5) is 0 Å². The van der Waals surface area contributed by atoms with E-state index in [0.717, 1.165) is 17.4 Å². The third-order valence-corrected chi connectivity index (χ3v) is 2.81. The number of amides is 1. The van der Waals surface area contributed by atoms with E-state index >= 15 is 0 Å². The van der Waals surface area contributed by atoms with E-state index in [-0.39, 0.29) is 5.91 Å². The Morgan fingerprint density at radius 3 is 2.82 bits per heavy atom. The molecule has 0 unspecified atom stereocenters. The number of fused-ring (bicyclic) bond motifs is 1. The minimum atomic E-state index is 0.0153. The summed E-state index contributed by atoms with van der Waals surface area (Å²) in [4.78, 5) is 11.4. The van der Waals surface area contributed by atoms with Gasteiger partial charge in [0.1, 0.15) is 6.54 Å². The van der Waals surface area contributed by atoms with Crippen LogP contribution < -0.4 is 10.6 Å². The van der Waals surface area contributed by atoms with Crippen LogP contribution in [0.25, 0.3) is 10.9 Å². The highest BCUT2D eigenvalue weighted by Crippen LogP contribution is 2.17. The van der Waals surface area contributed by atoms with Gasteiger partial charge in [0.15, 0.2) is 0 Å². The van der Waals surface area contributed by atoms with Gasteiger partial charge in [-0.1, -0.05) is 12.1 Å². The molecule has 1 heterocycles. The highest BCUT2D eigenvalue weighted by atomic mass is 16.1. The van der Waals surface area contributed by atoms with E-state index in [1.165, 1.54) is 5.56 Å². The van der Waals surface area contributed by atoms with E-state index in [4.69, 9.17) is 0 Å². The van der Waals surface area contributed by atoms with E-state index in [1.54, 1.807) is 7.05 Å². The lowest BCUT2D eigenvalue weighted by molar-refractivity contribution is -0.121. The summed E-state index contributed by atoms with van der Waals surface area (Å²) < 4.78 is 1.97. The van der Waals surface area contributed by atoms with E-state index < -0.39 is 0 Å². The third-order valence-electron chi connectivity index (χ3n) is 2.81. The molecule has 4 heteroatoms. The van der Waals surface area contributed by atoms with Gasteiger partial charge in [-0.3, -0.25) is 4.79 Å². The van der Waals surface area contributed by atoms with Gasteiger partial charge < -0.3 is 15.2 Å². The molecule has 1 aromatic heterocycles. The molecule has 1 amide bonds. The van der Waals surface area contributed by atoms with Crippen LogP contribution in [0.2, 0.25) is 0 Å². The quantitative estimate of drug-likeness (QED) is 0.828. The number of hydrogen-bond donors (Lipinski definition) is 2. The topological polar surface area (TPSA) is 46.1 Å². The van der Waals surface area contributed by atoms with Crippen molar-refractivity contribution in [1.29, 1.82) is 0 Å². The first-order valence-corrected chi connectivity index (χ1v) is 5.67. The molecule has 4 nitrogen and oxygen atoms in total. The van der Waals surface area contributed by atoms with Gasteiger partial charge in [-0.25, -0.2) is 0 Å². The second kappa shape index (κ2) is 5.01. The Balaban J connectivity index is 2.36. The number of carbonyl (C=O) groups is 1. The molecule has 1 aromatic carbocycles. The molecule has 0 saturated heterocycles. The number of rotatable bonds is 4. The molecule has 0 atom stereocenters. The molecule has 0 fully saturated rings. The number of hydrogen-bond acceptors (Lipinski definition) is 2. The van der Waals surface area contributed by atoms with Crippen LogP contribution in [-0.2, 0) is 17.9 Å². The number of aromatic nitrogens is 1. The lowest BCUT2D eigenvalue weighted by Crippen LogP contribution is -2.23. The summed E-state index contributed by atoms with van der Waals surface area (Å²) in [5.74, 6) is 0.0153. The molecule has 2 N–H and O–H groups in total. The number of likely N-dealkylation sites (N-methyl/N-ethyl adjacent to an activating group) is 1. The fraction of sp³-hybridized carbons (Fsp3) is 0.308. The van der Waals surface area contributed by atoms with Crippen molar-refractivity contribution in [3.63, 3.8) is 0 Å². The van der Waals surface area contributed by atoms with Gasteiger partial charge in [-0.05, 0) is 30.1 Å². The normalized spacial score (nSPS) is 10.7. The lowest BCUT2D eigenvalue weighted by Gasteiger charge is -2.06. The molecular weight excluding hydrogens is 214 g/mol. The Morgan fingerprint density at radius 1 is 1.29 bits per heavy atom. The van der Waals surface area contributed by atoms with E-state index in [0.29, 0.717) is 6.54 Å². The molecule has 0 aliphatic heterocycles. The second-order valence-corrected chi connectivity index (χ2v) is 4.04. The van der Waals surface area contributed by atoms with Crippen LogP contribution in [0.5, 0.6) is 0 Å². The molecule has 0 aliphatic carbocycles. The smallest absolute Gasteiger partial charge is 0.239 e. The largest absolute Gasteiger partial charge is 0.358 e. The highest BCUT2D eigenvalue weighted by Gasteiger charge is 2.05.